The Morgan fingerprint density at radius 1 is 1.09 bits per heavy atom. The molecule has 6 heteroatoms. The first-order valence-corrected chi connectivity index (χ1v) is 8.93. The lowest BCUT2D eigenvalue weighted by Gasteiger charge is -2.13. The van der Waals surface area contributed by atoms with Crippen molar-refractivity contribution in [2.24, 2.45) is 0 Å². The van der Waals surface area contributed by atoms with Gasteiger partial charge in [-0.2, -0.15) is 0 Å². The molecular weight excluding hydrogens is 314 g/mol. The molecule has 1 aliphatic heterocycles. The zero-order valence-corrected chi connectivity index (χ0v) is 13.9. The van der Waals surface area contributed by atoms with E-state index in [-0.39, 0.29) is 18.2 Å². The first-order chi connectivity index (χ1) is 11.0. The van der Waals surface area contributed by atoms with Crippen molar-refractivity contribution in [2.45, 2.75) is 31.2 Å². The topological polar surface area (TPSA) is 64.6 Å². The van der Waals surface area contributed by atoms with E-state index in [2.05, 4.69) is 18.6 Å². The van der Waals surface area contributed by atoms with Crippen molar-refractivity contribution in [1.29, 1.82) is 0 Å². The van der Waals surface area contributed by atoms with Crippen LogP contribution in [-0.2, 0) is 16.6 Å². The summed E-state index contributed by atoms with van der Waals surface area (Å²) < 4.78 is 38.0. The van der Waals surface area contributed by atoms with Crippen LogP contribution in [0.2, 0.25) is 0 Å². The van der Waals surface area contributed by atoms with Crippen LogP contribution in [0.3, 0.4) is 0 Å². The van der Waals surface area contributed by atoms with Gasteiger partial charge in [0.2, 0.25) is 16.8 Å². The fourth-order valence-electron chi connectivity index (χ4n) is 2.56. The van der Waals surface area contributed by atoms with E-state index in [1.165, 1.54) is 12.1 Å². The normalized spacial score (nSPS) is 13.5. The van der Waals surface area contributed by atoms with E-state index < -0.39 is 10.0 Å². The second kappa shape index (κ2) is 6.22. The average Bonchev–Trinajstić information content (AvgIpc) is 3.00. The van der Waals surface area contributed by atoms with Gasteiger partial charge in [-0.1, -0.05) is 38.1 Å². The highest BCUT2D eigenvalue weighted by Gasteiger charge is 2.20. The van der Waals surface area contributed by atoms with Gasteiger partial charge in [0.15, 0.2) is 11.5 Å². The Morgan fingerprint density at radius 3 is 2.61 bits per heavy atom. The Labute approximate surface area is 136 Å². The molecule has 0 saturated carbocycles. The van der Waals surface area contributed by atoms with Gasteiger partial charge in [-0.3, -0.25) is 0 Å². The molecule has 0 saturated heterocycles. The second-order valence-electron chi connectivity index (χ2n) is 5.69. The van der Waals surface area contributed by atoms with Crippen molar-refractivity contribution in [3.63, 3.8) is 0 Å². The van der Waals surface area contributed by atoms with E-state index in [4.69, 9.17) is 9.47 Å². The van der Waals surface area contributed by atoms with Crippen molar-refractivity contribution in [3.05, 3.63) is 53.6 Å². The third-order valence-corrected chi connectivity index (χ3v) is 5.18. The predicted molar refractivity (Wildman–Crippen MR) is 87.1 cm³/mol. The summed E-state index contributed by atoms with van der Waals surface area (Å²) >= 11 is 0. The number of fused-ring (bicyclic) bond motifs is 1. The molecule has 0 spiro atoms. The Bertz CT molecular complexity index is 815. The van der Waals surface area contributed by atoms with E-state index in [0.717, 1.165) is 11.1 Å². The fourth-order valence-corrected chi connectivity index (χ4v) is 3.58. The molecule has 5 nitrogen and oxygen atoms in total. The minimum atomic E-state index is -3.61. The summed E-state index contributed by atoms with van der Waals surface area (Å²) in [4.78, 5) is 0.170. The van der Waals surface area contributed by atoms with Crippen LogP contribution in [0.25, 0.3) is 0 Å². The van der Waals surface area contributed by atoms with Crippen molar-refractivity contribution < 1.29 is 17.9 Å². The number of hydrogen-bond donors (Lipinski definition) is 1. The Morgan fingerprint density at radius 2 is 1.83 bits per heavy atom. The van der Waals surface area contributed by atoms with Crippen LogP contribution in [0.1, 0.15) is 30.9 Å². The maximum atomic E-state index is 12.5. The quantitative estimate of drug-likeness (QED) is 0.913. The molecule has 0 bridgehead atoms. The molecule has 0 unspecified atom stereocenters. The summed E-state index contributed by atoms with van der Waals surface area (Å²) in [5.74, 6) is 1.35. The average molecular weight is 333 g/mol. The van der Waals surface area contributed by atoms with Gasteiger partial charge in [0.25, 0.3) is 0 Å². The van der Waals surface area contributed by atoms with Gasteiger partial charge in [0, 0.05) is 12.6 Å². The van der Waals surface area contributed by atoms with Crippen LogP contribution in [0.15, 0.2) is 47.4 Å². The summed E-state index contributed by atoms with van der Waals surface area (Å²) in [5.41, 5.74) is 2.12. The smallest absolute Gasteiger partial charge is 0.241 e. The summed E-state index contributed by atoms with van der Waals surface area (Å²) in [5, 5.41) is 0. The molecule has 2 aromatic rings. The van der Waals surface area contributed by atoms with Crippen LogP contribution < -0.4 is 14.2 Å². The summed E-state index contributed by atoms with van der Waals surface area (Å²) in [6.45, 7) is 4.55. The number of ether oxygens (including phenoxy) is 2. The molecule has 0 atom stereocenters. The Balaban J connectivity index is 1.80. The van der Waals surface area contributed by atoms with Gasteiger partial charge in [-0.05, 0) is 29.2 Å². The summed E-state index contributed by atoms with van der Waals surface area (Å²) in [6, 6.07) is 12.5. The van der Waals surface area contributed by atoms with Crippen LogP contribution in [0.4, 0.5) is 0 Å². The standard InChI is InChI=1S/C17H19NO4S/c1-12(2)15-6-4-3-5-13(15)10-18-23(19,20)14-7-8-16-17(9-14)22-11-21-16/h3-9,12,18H,10-11H2,1-2H3. The lowest BCUT2D eigenvalue weighted by Crippen LogP contribution is -2.24. The maximum absolute atomic E-state index is 12.5. The van der Waals surface area contributed by atoms with Crippen LogP contribution in [0.5, 0.6) is 11.5 Å². The second-order valence-corrected chi connectivity index (χ2v) is 7.46. The SMILES string of the molecule is CC(C)c1ccccc1CNS(=O)(=O)c1ccc2c(c1)OCO2. The molecule has 23 heavy (non-hydrogen) atoms. The van der Waals surface area contributed by atoms with Crippen LogP contribution >= 0.6 is 0 Å². The molecule has 122 valence electrons. The minimum absolute atomic E-state index is 0.119. The van der Waals surface area contributed by atoms with Gasteiger partial charge in [-0.25, -0.2) is 13.1 Å². The number of nitrogens with one attached hydrogen (secondary N) is 1. The molecule has 1 aliphatic rings. The van der Waals surface area contributed by atoms with Crippen LogP contribution in [0, 0.1) is 0 Å². The van der Waals surface area contributed by atoms with Gasteiger partial charge in [-0.15, -0.1) is 0 Å². The first-order valence-electron chi connectivity index (χ1n) is 7.44. The van der Waals surface area contributed by atoms with E-state index in [1.807, 2.05) is 24.3 Å². The largest absolute Gasteiger partial charge is 0.454 e. The molecule has 1 heterocycles. The van der Waals surface area contributed by atoms with Crippen molar-refractivity contribution in [2.75, 3.05) is 6.79 Å². The van der Waals surface area contributed by atoms with E-state index in [9.17, 15) is 8.42 Å². The number of rotatable bonds is 5. The number of benzene rings is 2. The van der Waals surface area contributed by atoms with Crippen molar-refractivity contribution in [1.82, 2.24) is 4.72 Å². The highest BCUT2D eigenvalue weighted by atomic mass is 32.2. The lowest BCUT2D eigenvalue weighted by molar-refractivity contribution is 0.174. The van der Waals surface area contributed by atoms with Gasteiger partial charge >= 0.3 is 0 Å². The first kappa shape index (κ1) is 15.8. The van der Waals surface area contributed by atoms with E-state index in [0.29, 0.717) is 17.4 Å². The maximum Gasteiger partial charge on any atom is 0.241 e. The molecule has 0 fully saturated rings. The number of sulfonamides is 1. The zero-order chi connectivity index (χ0) is 16.4. The third-order valence-electron chi connectivity index (χ3n) is 3.78. The molecular formula is C17H19NO4S. The van der Waals surface area contributed by atoms with Crippen LogP contribution in [-0.4, -0.2) is 15.2 Å². The molecule has 0 aliphatic carbocycles. The molecule has 1 N–H and O–H groups in total. The molecule has 0 aromatic heterocycles. The monoisotopic (exact) mass is 333 g/mol. The lowest BCUT2D eigenvalue weighted by atomic mass is 9.97. The molecule has 2 aromatic carbocycles. The third kappa shape index (κ3) is 3.33. The van der Waals surface area contributed by atoms with Crippen molar-refractivity contribution in [3.8, 4) is 11.5 Å². The highest BCUT2D eigenvalue weighted by molar-refractivity contribution is 7.89. The summed E-state index contributed by atoms with van der Waals surface area (Å²) in [6.07, 6.45) is 0. The Kier molecular flexibility index (Phi) is 4.28. The van der Waals surface area contributed by atoms with Gasteiger partial charge in [0.05, 0.1) is 4.90 Å². The molecule has 0 amide bonds. The van der Waals surface area contributed by atoms with E-state index in [1.54, 1.807) is 6.07 Å². The molecule has 3 rings (SSSR count). The Hall–Kier alpha value is -2.05. The fraction of sp³-hybridized carbons (Fsp3) is 0.294. The van der Waals surface area contributed by atoms with E-state index >= 15 is 0 Å². The van der Waals surface area contributed by atoms with Crippen molar-refractivity contribution >= 4 is 10.0 Å². The minimum Gasteiger partial charge on any atom is -0.454 e. The zero-order valence-electron chi connectivity index (χ0n) is 13.1. The predicted octanol–water partition coefficient (Wildman–Crippen LogP) is 3.02. The number of hydrogen-bond acceptors (Lipinski definition) is 4. The molecule has 0 radical (unpaired) electrons. The summed E-state index contributed by atoms with van der Waals surface area (Å²) in [7, 11) is -3.61. The van der Waals surface area contributed by atoms with Gasteiger partial charge < -0.3 is 9.47 Å². The highest BCUT2D eigenvalue weighted by Crippen LogP contribution is 2.33. The van der Waals surface area contributed by atoms with Gasteiger partial charge in [0.1, 0.15) is 0 Å².